The van der Waals surface area contributed by atoms with E-state index < -0.39 is 0 Å². The van der Waals surface area contributed by atoms with Crippen LogP contribution in [0.25, 0.3) is 0 Å². The Morgan fingerprint density at radius 1 is 1.33 bits per heavy atom. The van der Waals surface area contributed by atoms with Crippen LogP contribution in [-0.4, -0.2) is 47.0 Å². The van der Waals surface area contributed by atoms with Crippen molar-refractivity contribution in [2.24, 2.45) is 4.99 Å². The number of aryl methyl sites for hydroxylation is 1. The molecule has 0 aliphatic heterocycles. The molecule has 1 aromatic heterocycles. The maximum atomic E-state index is 10.1. The van der Waals surface area contributed by atoms with E-state index in [1.807, 2.05) is 43.3 Å². The predicted octanol–water partition coefficient (Wildman–Crippen LogP) is 2.96. The molecule has 0 saturated heterocycles. The molecule has 6 heteroatoms. The van der Waals surface area contributed by atoms with Crippen LogP contribution < -0.4 is 0 Å². The molecule has 5 nitrogen and oxygen atoms in total. The third kappa shape index (κ3) is 4.12. The maximum absolute atomic E-state index is 10.1. The van der Waals surface area contributed by atoms with Crippen LogP contribution in [0.15, 0.2) is 35.5 Å². The second-order valence-electron chi connectivity index (χ2n) is 5.78. The average molecular weight is 348 g/mol. The van der Waals surface area contributed by atoms with Gasteiger partial charge in [0, 0.05) is 28.6 Å². The number of benzene rings is 1. The summed E-state index contributed by atoms with van der Waals surface area (Å²) in [6, 6.07) is 7.70. The van der Waals surface area contributed by atoms with Gasteiger partial charge in [-0.25, -0.2) is 0 Å². The number of aliphatic hydroxyl groups is 1. The van der Waals surface area contributed by atoms with Gasteiger partial charge in [-0.2, -0.15) is 0 Å². The molecule has 2 rings (SSSR count). The van der Waals surface area contributed by atoms with E-state index in [4.69, 9.17) is 11.6 Å². The van der Waals surface area contributed by atoms with Crippen LogP contribution in [0.2, 0.25) is 5.02 Å². The first-order valence-corrected chi connectivity index (χ1v) is 8.02. The zero-order chi connectivity index (χ0) is 17.7. The van der Waals surface area contributed by atoms with Crippen molar-refractivity contribution in [2.45, 2.75) is 19.6 Å². The number of aliphatic imine (C=N–C) groups is 1. The summed E-state index contributed by atoms with van der Waals surface area (Å²) in [4.78, 5) is 10.6. The molecule has 0 fully saturated rings. The van der Waals surface area contributed by atoms with E-state index in [1.165, 1.54) is 0 Å². The van der Waals surface area contributed by atoms with E-state index in [0.29, 0.717) is 28.4 Å². The lowest BCUT2D eigenvalue weighted by Crippen LogP contribution is -2.23. The molecular formula is C18H22ClN3O2. The monoisotopic (exact) mass is 347 g/mol. The van der Waals surface area contributed by atoms with Crippen LogP contribution in [0, 0.1) is 6.92 Å². The lowest BCUT2D eigenvalue weighted by Gasteiger charge is -2.24. The summed E-state index contributed by atoms with van der Waals surface area (Å²) in [5.74, 6) is 0.0458. The number of aromatic nitrogens is 1. The zero-order valence-corrected chi connectivity index (χ0v) is 14.8. The molecule has 0 radical (unpaired) electrons. The van der Waals surface area contributed by atoms with E-state index in [2.05, 4.69) is 9.98 Å². The number of rotatable bonds is 6. The van der Waals surface area contributed by atoms with Gasteiger partial charge in [0.15, 0.2) is 0 Å². The minimum atomic E-state index is -0.205. The highest BCUT2D eigenvalue weighted by atomic mass is 35.5. The van der Waals surface area contributed by atoms with Crippen molar-refractivity contribution in [3.8, 4) is 5.75 Å². The quantitative estimate of drug-likeness (QED) is 0.788. The van der Waals surface area contributed by atoms with Crippen molar-refractivity contribution in [2.75, 3.05) is 20.6 Å². The van der Waals surface area contributed by atoms with Crippen molar-refractivity contribution in [3.63, 3.8) is 0 Å². The highest BCUT2D eigenvalue weighted by molar-refractivity contribution is 6.31. The zero-order valence-electron chi connectivity index (χ0n) is 14.1. The lowest BCUT2D eigenvalue weighted by atomic mass is 10.1. The normalized spacial score (nSPS) is 12.9. The van der Waals surface area contributed by atoms with Gasteiger partial charge in [-0.3, -0.25) is 9.98 Å². The summed E-state index contributed by atoms with van der Waals surface area (Å²) in [5.41, 5.74) is 2.55. The number of hydrogen-bond donors (Lipinski definition) is 2. The average Bonchev–Trinajstić information content (AvgIpc) is 2.56. The molecular weight excluding hydrogens is 326 g/mol. The Balaban J connectivity index is 2.26. The highest BCUT2D eigenvalue weighted by Gasteiger charge is 2.16. The van der Waals surface area contributed by atoms with Gasteiger partial charge in [0.2, 0.25) is 0 Å². The molecule has 0 bridgehead atoms. The summed E-state index contributed by atoms with van der Waals surface area (Å²) in [6.45, 7) is 1.98. The molecule has 0 unspecified atom stereocenters. The summed E-state index contributed by atoms with van der Waals surface area (Å²) in [5, 5.41) is 20.3. The largest absolute Gasteiger partial charge is 0.505 e. The number of pyridine rings is 1. The van der Waals surface area contributed by atoms with Gasteiger partial charge in [-0.1, -0.05) is 29.8 Å². The molecule has 1 heterocycles. The predicted molar refractivity (Wildman–Crippen MR) is 96.9 cm³/mol. The molecule has 0 spiro atoms. The fraction of sp³-hybridized carbons (Fsp3) is 0.333. The Labute approximate surface area is 147 Å². The third-order valence-electron chi connectivity index (χ3n) is 3.91. The SMILES string of the molecule is Cc1ncc(CO)c(C=NC[C@H](c2ccccc2Cl)N(C)C)c1O. The van der Waals surface area contributed by atoms with Crippen LogP contribution in [-0.2, 0) is 6.61 Å². The van der Waals surface area contributed by atoms with E-state index >= 15 is 0 Å². The Morgan fingerprint density at radius 3 is 2.67 bits per heavy atom. The van der Waals surface area contributed by atoms with Crippen LogP contribution in [0.3, 0.4) is 0 Å². The van der Waals surface area contributed by atoms with Crippen molar-refractivity contribution >= 4 is 17.8 Å². The van der Waals surface area contributed by atoms with Gasteiger partial charge in [-0.05, 0) is 32.6 Å². The van der Waals surface area contributed by atoms with Crippen molar-refractivity contribution < 1.29 is 10.2 Å². The van der Waals surface area contributed by atoms with Crippen molar-refractivity contribution in [3.05, 3.63) is 57.9 Å². The summed E-state index contributed by atoms with van der Waals surface area (Å²) in [7, 11) is 3.94. The maximum Gasteiger partial charge on any atom is 0.145 e. The second kappa shape index (κ2) is 8.24. The first kappa shape index (κ1) is 18.4. The number of hydrogen-bond acceptors (Lipinski definition) is 5. The topological polar surface area (TPSA) is 69.0 Å². The fourth-order valence-corrected chi connectivity index (χ4v) is 2.71. The first-order chi connectivity index (χ1) is 11.5. The smallest absolute Gasteiger partial charge is 0.145 e. The van der Waals surface area contributed by atoms with E-state index in [0.717, 1.165) is 5.56 Å². The number of aliphatic hydroxyl groups excluding tert-OH is 1. The Morgan fingerprint density at radius 2 is 2.04 bits per heavy atom. The van der Waals surface area contributed by atoms with Crippen molar-refractivity contribution in [1.82, 2.24) is 9.88 Å². The molecule has 0 aliphatic rings. The Bertz CT molecular complexity index is 732. The summed E-state index contributed by atoms with van der Waals surface area (Å²) in [6.07, 6.45) is 3.14. The molecule has 0 aliphatic carbocycles. The van der Waals surface area contributed by atoms with Crippen LogP contribution in [0.5, 0.6) is 5.75 Å². The minimum Gasteiger partial charge on any atom is -0.505 e. The van der Waals surface area contributed by atoms with Gasteiger partial charge >= 0.3 is 0 Å². The third-order valence-corrected chi connectivity index (χ3v) is 4.26. The highest BCUT2D eigenvalue weighted by Crippen LogP contribution is 2.27. The van der Waals surface area contributed by atoms with Gasteiger partial charge in [0.25, 0.3) is 0 Å². The van der Waals surface area contributed by atoms with E-state index in [-0.39, 0.29) is 18.4 Å². The van der Waals surface area contributed by atoms with Gasteiger partial charge in [-0.15, -0.1) is 0 Å². The number of aromatic hydroxyl groups is 1. The number of halogens is 1. The van der Waals surface area contributed by atoms with E-state index in [1.54, 1.807) is 19.3 Å². The van der Waals surface area contributed by atoms with E-state index in [9.17, 15) is 10.2 Å². The number of likely N-dealkylation sites (N-methyl/N-ethyl adjacent to an activating group) is 1. The van der Waals surface area contributed by atoms with Gasteiger partial charge in [0.05, 0.1) is 24.9 Å². The van der Waals surface area contributed by atoms with Gasteiger partial charge in [0.1, 0.15) is 5.75 Å². The Kier molecular flexibility index (Phi) is 6.31. The molecule has 0 amide bonds. The van der Waals surface area contributed by atoms with Crippen LogP contribution >= 0.6 is 11.6 Å². The van der Waals surface area contributed by atoms with Crippen LogP contribution in [0.4, 0.5) is 0 Å². The molecule has 1 atom stereocenters. The Hall–Kier alpha value is -1.95. The second-order valence-corrected chi connectivity index (χ2v) is 6.19. The fourth-order valence-electron chi connectivity index (χ4n) is 2.45. The summed E-state index contributed by atoms with van der Waals surface area (Å²) < 4.78 is 0. The molecule has 2 aromatic rings. The van der Waals surface area contributed by atoms with Crippen molar-refractivity contribution in [1.29, 1.82) is 0 Å². The molecule has 2 N–H and O–H groups in total. The molecule has 0 saturated carbocycles. The van der Waals surface area contributed by atoms with Crippen LogP contribution in [0.1, 0.15) is 28.4 Å². The summed E-state index contributed by atoms with van der Waals surface area (Å²) >= 11 is 6.29. The minimum absolute atomic E-state index is 0.0117. The standard InChI is InChI=1S/C18H22ClN3O2/c1-12-18(24)15(13(11-23)8-21-12)9-20-10-17(22(2)3)14-6-4-5-7-16(14)19/h4-9,17,23-24H,10-11H2,1-3H3/t17-/m1/s1. The molecule has 1 aromatic carbocycles. The molecule has 128 valence electrons. The number of nitrogens with zero attached hydrogens (tertiary/aromatic N) is 3. The molecule has 24 heavy (non-hydrogen) atoms. The lowest BCUT2D eigenvalue weighted by molar-refractivity contribution is 0.280. The van der Waals surface area contributed by atoms with Gasteiger partial charge < -0.3 is 15.1 Å². The first-order valence-electron chi connectivity index (χ1n) is 7.64.